The molecule has 0 saturated heterocycles. The first-order valence-corrected chi connectivity index (χ1v) is 8.70. The van der Waals surface area contributed by atoms with Crippen molar-refractivity contribution in [1.82, 2.24) is 5.32 Å². The molecular formula is C15H24BrNS. The molecule has 2 unspecified atom stereocenters. The number of halogens is 1. The van der Waals surface area contributed by atoms with Gasteiger partial charge in [0.2, 0.25) is 0 Å². The molecule has 2 rings (SSSR count). The Morgan fingerprint density at radius 1 is 1.50 bits per heavy atom. The number of nitrogens with one attached hydrogen (secondary N) is 1. The molecule has 3 heteroatoms. The van der Waals surface area contributed by atoms with Crippen LogP contribution in [0.2, 0.25) is 0 Å². The molecule has 1 saturated carbocycles. The van der Waals surface area contributed by atoms with Crippen molar-refractivity contribution in [3.8, 4) is 0 Å². The van der Waals surface area contributed by atoms with E-state index in [1.165, 1.54) is 35.0 Å². The lowest BCUT2D eigenvalue weighted by Crippen LogP contribution is -2.38. The average Bonchev–Trinajstić information content (AvgIpc) is 2.72. The second-order valence-electron chi connectivity index (χ2n) is 6.01. The molecule has 1 nitrogen and oxygen atoms in total. The van der Waals surface area contributed by atoms with Gasteiger partial charge in [0.15, 0.2) is 0 Å². The normalized spacial score (nSPS) is 25.0. The van der Waals surface area contributed by atoms with Crippen molar-refractivity contribution in [3.05, 3.63) is 20.8 Å². The van der Waals surface area contributed by atoms with Gasteiger partial charge < -0.3 is 5.32 Å². The molecular weight excluding hydrogens is 306 g/mol. The zero-order chi connectivity index (χ0) is 13.2. The van der Waals surface area contributed by atoms with Crippen LogP contribution in [-0.4, -0.2) is 6.54 Å². The van der Waals surface area contributed by atoms with E-state index in [1.807, 2.05) is 11.3 Å². The molecule has 0 aliphatic heterocycles. The first-order chi connectivity index (χ1) is 8.56. The number of thiophene rings is 1. The summed E-state index contributed by atoms with van der Waals surface area (Å²) in [5, 5.41) is 5.93. The summed E-state index contributed by atoms with van der Waals surface area (Å²) < 4.78 is 1.28. The minimum atomic E-state index is 0.453. The highest BCUT2D eigenvalue weighted by molar-refractivity contribution is 9.10. The standard InChI is InChI=1S/C15H24BrNS/c1-4-17-13(14-12(16)8-10-18-14)11-7-5-6-9-15(11,2)3/h8,10-11,13,17H,4-7,9H2,1-3H3. The summed E-state index contributed by atoms with van der Waals surface area (Å²) in [5.41, 5.74) is 0.453. The summed E-state index contributed by atoms with van der Waals surface area (Å²) in [6.45, 7) is 8.15. The van der Waals surface area contributed by atoms with Gasteiger partial charge in [-0.2, -0.15) is 0 Å². The smallest absolute Gasteiger partial charge is 0.0459 e. The molecule has 2 atom stereocenters. The largest absolute Gasteiger partial charge is 0.309 e. The van der Waals surface area contributed by atoms with E-state index in [9.17, 15) is 0 Å². The molecule has 1 N–H and O–H groups in total. The van der Waals surface area contributed by atoms with Gasteiger partial charge in [-0.25, -0.2) is 0 Å². The first kappa shape index (κ1) is 14.5. The van der Waals surface area contributed by atoms with Crippen molar-refractivity contribution in [2.75, 3.05) is 6.54 Å². The monoisotopic (exact) mass is 329 g/mol. The van der Waals surface area contributed by atoms with E-state index >= 15 is 0 Å². The van der Waals surface area contributed by atoms with Gasteiger partial charge in [0.05, 0.1) is 0 Å². The summed E-state index contributed by atoms with van der Waals surface area (Å²) in [6.07, 6.45) is 5.50. The predicted molar refractivity (Wildman–Crippen MR) is 84.2 cm³/mol. The van der Waals surface area contributed by atoms with Gasteiger partial charge in [-0.15, -0.1) is 11.3 Å². The van der Waals surface area contributed by atoms with Gasteiger partial charge >= 0.3 is 0 Å². The Labute approximate surface area is 123 Å². The predicted octanol–water partition coefficient (Wildman–Crippen LogP) is 5.38. The number of hydrogen-bond acceptors (Lipinski definition) is 2. The van der Waals surface area contributed by atoms with Gasteiger partial charge in [-0.05, 0) is 58.1 Å². The van der Waals surface area contributed by atoms with Crippen molar-refractivity contribution < 1.29 is 0 Å². The van der Waals surface area contributed by atoms with Crippen molar-refractivity contribution in [3.63, 3.8) is 0 Å². The Bertz CT molecular complexity index is 386. The molecule has 1 fully saturated rings. The van der Waals surface area contributed by atoms with Crippen LogP contribution in [0.4, 0.5) is 0 Å². The minimum Gasteiger partial charge on any atom is -0.309 e. The molecule has 0 aromatic carbocycles. The second-order valence-corrected chi connectivity index (χ2v) is 7.81. The van der Waals surface area contributed by atoms with Crippen LogP contribution in [0.25, 0.3) is 0 Å². The van der Waals surface area contributed by atoms with Crippen LogP contribution in [0.5, 0.6) is 0 Å². The van der Waals surface area contributed by atoms with E-state index in [4.69, 9.17) is 0 Å². The lowest BCUT2D eigenvalue weighted by atomic mass is 9.65. The van der Waals surface area contributed by atoms with E-state index in [2.05, 4.69) is 53.5 Å². The Morgan fingerprint density at radius 3 is 2.83 bits per heavy atom. The Balaban J connectivity index is 2.27. The maximum absolute atomic E-state index is 3.73. The van der Waals surface area contributed by atoms with Crippen LogP contribution >= 0.6 is 27.3 Å². The lowest BCUT2D eigenvalue weighted by molar-refractivity contribution is 0.0999. The second kappa shape index (κ2) is 6.06. The molecule has 1 aliphatic rings. The zero-order valence-corrected chi connectivity index (χ0v) is 14.0. The number of rotatable bonds is 4. The maximum Gasteiger partial charge on any atom is 0.0459 e. The van der Waals surface area contributed by atoms with Gasteiger partial charge in [-0.3, -0.25) is 0 Å². The van der Waals surface area contributed by atoms with Crippen LogP contribution in [0.15, 0.2) is 15.9 Å². The van der Waals surface area contributed by atoms with Gasteiger partial charge in [-0.1, -0.05) is 33.6 Å². The SMILES string of the molecule is CCNC(c1sccc1Br)C1CCCCC1(C)C. The Kier molecular flexibility index (Phi) is 4.90. The third-order valence-electron chi connectivity index (χ3n) is 4.34. The van der Waals surface area contributed by atoms with E-state index in [1.54, 1.807) is 0 Å². The molecule has 0 bridgehead atoms. The van der Waals surface area contributed by atoms with Gasteiger partial charge in [0.25, 0.3) is 0 Å². The summed E-state index contributed by atoms with van der Waals surface area (Å²) in [4.78, 5) is 1.48. The maximum atomic E-state index is 3.73. The van der Waals surface area contributed by atoms with Crippen LogP contribution in [0.1, 0.15) is 57.4 Å². The fourth-order valence-corrected chi connectivity index (χ4v) is 5.06. The highest BCUT2D eigenvalue weighted by atomic mass is 79.9. The van der Waals surface area contributed by atoms with Gasteiger partial charge in [0.1, 0.15) is 0 Å². The van der Waals surface area contributed by atoms with Crippen LogP contribution < -0.4 is 5.32 Å². The minimum absolute atomic E-state index is 0.453. The van der Waals surface area contributed by atoms with Gasteiger partial charge in [0, 0.05) is 15.4 Å². The Hall–Kier alpha value is 0.140. The fourth-order valence-electron chi connectivity index (χ4n) is 3.30. The van der Waals surface area contributed by atoms with E-state index in [0.29, 0.717) is 11.5 Å². The highest BCUT2D eigenvalue weighted by Gasteiger charge is 2.38. The average molecular weight is 330 g/mol. The highest BCUT2D eigenvalue weighted by Crippen LogP contribution is 2.48. The third-order valence-corrected chi connectivity index (χ3v) is 6.30. The van der Waals surface area contributed by atoms with Crippen molar-refractivity contribution >= 4 is 27.3 Å². The number of hydrogen-bond donors (Lipinski definition) is 1. The van der Waals surface area contributed by atoms with Crippen LogP contribution in [0.3, 0.4) is 0 Å². The molecule has 0 amide bonds. The quantitative estimate of drug-likeness (QED) is 0.782. The molecule has 0 radical (unpaired) electrons. The first-order valence-electron chi connectivity index (χ1n) is 7.02. The van der Waals surface area contributed by atoms with Crippen LogP contribution in [0, 0.1) is 11.3 Å². The van der Waals surface area contributed by atoms with E-state index in [-0.39, 0.29) is 0 Å². The van der Waals surface area contributed by atoms with Crippen molar-refractivity contribution in [2.24, 2.45) is 11.3 Å². The fraction of sp³-hybridized carbons (Fsp3) is 0.733. The van der Waals surface area contributed by atoms with E-state index < -0.39 is 0 Å². The molecule has 1 aromatic heterocycles. The summed E-state index contributed by atoms with van der Waals surface area (Å²) in [5.74, 6) is 0.751. The van der Waals surface area contributed by atoms with Crippen molar-refractivity contribution in [2.45, 2.75) is 52.5 Å². The molecule has 1 aromatic rings. The molecule has 102 valence electrons. The van der Waals surface area contributed by atoms with Crippen molar-refractivity contribution in [1.29, 1.82) is 0 Å². The third kappa shape index (κ3) is 3.00. The molecule has 1 heterocycles. The van der Waals surface area contributed by atoms with E-state index in [0.717, 1.165) is 12.5 Å². The summed E-state index contributed by atoms with van der Waals surface area (Å²) >= 11 is 5.59. The lowest BCUT2D eigenvalue weighted by Gasteiger charge is -2.43. The summed E-state index contributed by atoms with van der Waals surface area (Å²) in [7, 11) is 0. The molecule has 0 spiro atoms. The topological polar surface area (TPSA) is 12.0 Å². The molecule has 1 aliphatic carbocycles. The zero-order valence-electron chi connectivity index (χ0n) is 11.6. The Morgan fingerprint density at radius 2 is 2.28 bits per heavy atom. The molecule has 18 heavy (non-hydrogen) atoms. The summed E-state index contributed by atoms with van der Waals surface area (Å²) in [6, 6.07) is 2.69. The van der Waals surface area contributed by atoms with Crippen LogP contribution in [-0.2, 0) is 0 Å².